The molecule has 0 saturated heterocycles. The second-order valence-electron chi connectivity index (χ2n) is 14.4. The van der Waals surface area contributed by atoms with Crippen molar-refractivity contribution < 1.29 is 4.42 Å². The average Bonchev–Trinajstić information content (AvgIpc) is 3.55. The van der Waals surface area contributed by atoms with Gasteiger partial charge in [-0.05, 0) is 80.1 Å². The SMILES string of the molecule is CC1(C)c2ccccc2N2c3cc4ccccc4c(-c4c(Nc5cccc6oc7ccccc7c56)ccc5ccccc45)c3[B]c3cccc1c32. The minimum atomic E-state index is -0.131. The van der Waals surface area contributed by atoms with Crippen LogP contribution in [0.4, 0.5) is 28.4 Å². The summed E-state index contributed by atoms with van der Waals surface area (Å²) in [5.74, 6) is 0. The van der Waals surface area contributed by atoms with Crippen molar-refractivity contribution in [3.63, 3.8) is 0 Å². The minimum absolute atomic E-state index is 0.131. The summed E-state index contributed by atoms with van der Waals surface area (Å²) in [6, 6.07) is 54.9. The molecule has 4 heteroatoms. The Bertz CT molecular complexity index is 2920. The summed E-state index contributed by atoms with van der Waals surface area (Å²) < 4.78 is 6.31. The van der Waals surface area contributed by atoms with Gasteiger partial charge in [-0.25, -0.2) is 0 Å². The van der Waals surface area contributed by atoms with E-state index in [9.17, 15) is 0 Å². The Kier molecular flexibility index (Phi) is 5.82. The number of para-hydroxylation sites is 3. The molecule has 0 bridgehead atoms. The fraction of sp³-hybridized carbons (Fsp3) is 0.0638. The number of fused-ring (bicyclic) bond motifs is 9. The van der Waals surface area contributed by atoms with E-state index < -0.39 is 0 Å². The third kappa shape index (κ3) is 3.96. The zero-order valence-electron chi connectivity index (χ0n) is 28.4. The number of hydrogen-bond donors (Lipinski definition) is 1. The monoisotopic (exact) mass is 651 g/mol. The van der Waals surface area contributed by atoms with Crippen LogP contribution in [0, 0.1) is 0 Å². The van der Waals surface area contributed by atoms with Crippen LogP contribution in [0.2, 0.25) is 0 Å². The van der Waals surface area contributed by atoms with Gasteiger partial charge < -0.3 is 14.6 Å². The van der Waals surface area contributed by atoms with Gasteiger partial charge in [-0.15, -0.1) is 0 Å². The van der Waals surface area contributed by atoms with Crippen LogP contribution < -0.4 is 21.1 Å². The normalized spacial score (nSPS) is 14.0. The molecule has 1 aromatic heterocycles. The Labute approximate surface area is 297 Å². The Hall–Kier alpha value is -6.26. The lowest BCUT2D eigenvalue weighted by molar-refractivity contribution is 0.632. The maximum Gasteiger partial charge on any atom is 0.197 e. The van der Waals surface area contributed by atoms with Crippen molar-refractivity contribution in [2.75, 3.05) is 10.2 Å². The van der Waals surface area contributed by atoms with Gasteiger partial charge in [-0.2, -0.15) is 0 Å². The predicted molar refractivity (Wildman–Crippen MR) is 216 cm³/mol. The molecule has 11 rings (SSSR count). The molecule has 0 atom stereocenters. The summed E-state index contributed by atoms with van der Waals surface area (Å²) in [4.78, 5) is 2.53. The molecule has 0 fully saturated rings. The van der Waals surface area contributed by atoms with E-state index in [0.717, 1.165) is 33.3 Å². The molecule has 2 aliphatic rings. The van der Waals surface area contributed by atoms with Gasteiger partial charge >= 0.3 is 0 Å². The molecule has 51 heavy (non-hydrogen) atoms. The van der Waals surface area contributed by atoms with Crippen molar-refractivity contribution in [2.24, 2.45) is 0 Å². The lowest BCUT2D eigenvalue weighted by Crippen LogP contribution is -2.45. The highest BCUT2D eigenvalue weighted by Crippen LogP contribution is 2.53. The molecule has 0 aliphatic carbocycles. The van der Waals surface area contributed by atoms with E-state index in [4.69, 9.17) is 4.42 Å². The first-order valence-electron chi connectivity index (χ1n) is 17.7. The second kappa shape index (κ2) is 10.4. The molecule has 0 saturated carbocycles. The topological polar surface area (TPSA) is 28.4 Å². The number of nitrogens with one attached hydrogen (secondary N) is 1. The van der Waals surface area contributed by atoms with Crippen molar-refractivity contribution in [3.05, 3.63) is 163 Å². The Morgan fingerprint density at radius 1 is 0.549 bits per heavy atom. The zero-order valence-corrected chi connectivity index (χ0v) is 28.4. The van der Waals surface area contributed by atoms with Crippen molar-refractivity contribution in [2.45, 2.75) is 19.3 Å². The molecular formula is C47H32BN2O. The maximum absolute atomic E-state index is 6.31. The van der Waals surface area contributed by atoms with Crippen LogP contribution in [0.15, 0.2) is 156 Å². The fourth-order valence-corrected chi connectivity index (χ4v) is 8.92. The third-order valence-corrected chi connectivity index (χ3v) is 11.2. The zero-order chi connectivity index (χ0) is 33.8. The lowest BCUT2D eigenvalue weighted by Gasteiger charge is -2.46. The largest absolute Gasteiger partial charge is 0.456 e. The minimum Gasteiger partial charge on any atom is -0.456 e. The first-order chi connectivity index (χ1) is 25.1. The highest BCUT2D eigenvalue weighted by Gasteiger charge is 2.41. The third-order valence-electron chi connectivity index (χ3n) is 11.2. The Balaban J connectivity index is 1.23. The average molecular weight is 652 g/mol. The number of nitrogens with zero attached hydrogens (tertiary/aromatic N) is 1. The second-order valence-corrected chi connectivity index (χ2v) is 14.4. The Morgan fingerprint density at radius 2 is 1.24 bits per heavy atom. The fourth-order valence-electron chi connectivity index (χ4n) is 8.92. The van der Waals surface area contributed by atoms with Gasteiger partial charge in [-0.3, -0.25) is 0 Å². The van der Waals surface area contributed by atoms with Gasteiger partial charge in [-0.1, -0.05) is 135 Å². The van der Waals surface area contributed by atoms with Gasteiger partial charge in [0, 0.05) is 33.4 Å². The number of anilines is 5. The summed E-state index contributed by atoms with van der Waals surface area (Å²) in [5.41, 5.74) is 15.0. The van der Waals surface area contributed by atoms with Gasteiger partial charge in [0.05, 0.1) is 16.8 Å². The molecule has 2 aliphatic heterocycles. The van der Waals surface area contributed by atoms with E-state index in [1.54, 1.807) is 0 Å². The van der Waals surface area contributed by atoms with Crippen LogP contribution in [0.5, 0.6) is 0 Å². The summed E-state index contributed by atoms with van der Waals surface area (Å²) in [7, 11) is 2.44. The summed E-state index contributed by atoms with van der Waals surface area (Å²) >= 11 is 0. The molecule has 3 heterocycles. The number of hydrogen-bond acceptors (Lipinski definition) is 3. The van der Waals surface area contributed by atoms with Crippen LogP contribution in [0.3, 0.4) is 0 Å². The number of furan rings is 1. The van der Waals surface area contributed by atoms with Crippen molar-refractivity contribution in [1.82, 2.24) is 0 Å². The van der Waals surface area contributed by atoms with E-state index in [1.807, 2.05) is 12.1 Å². The summed E-state index contributed by atoms with van der Waals surface area (Å²) in [6.45, 7) is 4.72. The lowest BCUT2D eigenvalue weighted by atomic mass is 9.55. The van der Waals surface area contributed by atoms with Crippen molar-refractivity contribution >= 4 is 90.1 Å². The smallest absolute Gasteiger partial charge is 0.197 e. The molecule has 9 aromatic rings. The van der Waals surface area contributed by atoms with Gasteiger partial charge in [0.2, 0.25) is 0 Å². The standard InChI is InChI=1S/C47H32BN2O/c1-47(2)33-18-8-9-22-38(33)50-39-27-29-14-4-6-16-31(29)44(45(39)48-35-20-11-19-34(47)46(35)50)43-30-15-5-3-13-28(30)25-26-37(43)49-36-21-12-24-41-42(36)32-17-7-10-23-40(32)51-41/h3-27,49H,1-2H3. The van der Waals surface area contributed by atoms with Crippen LogP contribution >= 0.6 is 0 Å². The Morgan fingerprint density at radius 3 is 2.12 bits per heavy atom. The molecular weight excluding hydrogens is 619 g/mol. The maximum atomic E-state index is 6.31. The van der Waals surface area contributed by atoms with E-state index >= 15 is 0 Å². The highest BCUT2D eigenvalue weighted by molar-refractivity contribution is 6.74. The van der Waals surface area contributed by atoms with Gasteiger partial charge in [0.15, 0.2) is 7.28 Å². The van der Waals surface area contributed by atoms with Crippen LogP contribution in [0.1, 0.15) is 25.0 Å². The van der Waals surface area contributed by atoms with Crippen LogP contribution in [-0.2, 0) is 5.41 Å². The molecule has 8 aromatic carbocycles. The molecule has 0 spiro atoms. The van der Waals surface area contributed by atoms with Crippen LogP contribution in [0.25, 0.3) is 54.6 Å². The van der Waals surface area contributed by atoms with E-state index in [1.165, 1.54) is 71.8 Å². The molecule has 1 radical (unpaired) electrons. The quantitative estimate of drug-likeness (QED) is 0.193. The van der Waals surface area contributed by atoms with Crippen LogP contribution in [-0.4, -0.2) is 7.28 Å². The molecule has 1 N–H and O–H groups in total. The first-order valence-corrected chi connectivity index (χ1v) is 17.7. The predicted octanol–water partition coefficient (Wildman–Crippen LogP) is 11.4. The highest BCUT2D eigenvalue weighted by atomic mass is 16.3. The van der Waals surface area contributed by atoms with E-state index in [-0.39, 0.29) is 5.41 Å². The van der Waals surface area contributed by atoms with E-state index in [0.29, 0.717) is 0 Å². The molecule has 0 unspecified atom stereocenters. The molecule has 0 amide bonds. The van der Waals surface area contributed by atoms with Gasteiger partial charge in [0.25, 0.3) is 0 Å². The first kappa shape index (κ1) is 28.6. The van der Waals surface area contributed by atoms with Gasteiger partial charge in [0.1, 0.15) is 11.2 Å². The molecule has 3 nitrogen and oxygen atoms in total. The summed E-state index contributed by atoms with van der Waals surface area (Å²) in [6.07, 6.45) is 0. The number of benzene rings is 8. The van der Waals surface area contributed by atoms with Crippen molar-refractivity contribution in [1.29, 1.82) is 0 Å². The summed E-state index contributed by atoms with van der Waals surface area (Å²) in [5, 5.41) is 11.0. The molecule has 239 valence electrons. The van der Waals surface area contributed by atoms with Crippen molar-refractivity contribution in [3.8, 4) is 11.1 Å². The number of rotatable bonds is 3. The van der Waals surface area contributed by atoms with E-state index in [2.05, 4.69) is 171 Å².